The highest BCUT2D eigenvalue weighted by Crippen LogP contribution is 2.27. The number of ether oxygens (including phenoxy) is 1. The lowest BCUT2D eigenvalue weighted by Crippen LogP contribution is -2.43. The molecule has 1 aliphatic rings. The van der Waals surface area contributed by atoms with Crippen LogP contribution in [0, 0.1) is 0 Å². The maximum atomic E-state index is 11.3. The first-order valence-corrected chi connectivity index (χ1v) is 5.80. The van der Waals surface area contributed by atoms with Gasteiger partial charge in [-0.2, -0.15) is 0 Å². The molecule has 1 atom stereocenters. The fraction of sp³-hybridized carbons (Fsp3) is 0.167. The molecule has 0 aromatic carbocycles. The van der Waals surface area contributed by atoms with Crippen molar-refractivity contribution in [2.45, 2.75) is 12.0 Å². The average Bonchev–Trinajstić information content (AvgIpc) is 2.30. The SMILES string of the molecule is O=C(O)C1(Oc2ccnc(Br)c2)C=CC=CC1. The van der Waals surface area contributed by atoms with Crippen LogP contribution in [-0.2, 0) is 4.79 Å². The molecule has 1 aromatic rings. The molecule has 0 saturated carbocycles. The van der Waals surface area contributed by atoms with Gasteiger partial charge in [-0.05, 0) is 28.1 Å². The summed E-state index contributed by atoms with van der Waals surface area (Å²) < 4.78 is 6.18. The van der Waals surface area contributed by atoms with Gasteiger partial charge in [0.05, 0.1) is 0 Å². The van der Waals surface area contributed by atoms with E-state index in [1.165, 1.54) is 0 Å². The first-order chi connectivity index (χ1) is 8.12. The third-order valence-electron chi connectivity index (χ3n) is 2.39. The van der Waals surface area contributed by atoms with Crippen LogP contribution >= 0.6 is 15.9 Å². The number of carbonyl (C=O) groups is 1. The zero-order chi connectivity index (χ0) is 12.3. The standard InChI is InChI=1S/C12H10BrNO3/c13-10-8-9(4-7-14-10)17-12(11(15)16)5-2-1-3-6-12/h1-5,7-8H,6H2,(H,15,16). The van der Waals surface area contributed by atoms with E-state index < -0.39 is 11.6 Å². The molecule has 0 fully saturated rings. The van der Waals surface area contributed by atoms with Crippen LogP contribution in [0.1, 0.15) is 6.42 Å². The van der Waals surface area contributed by atoms with Crippen molar-refractivity contribution in [2.75, 3.05) is 0 Å². The van der Waals surface area contributed by atoms with E-state index in [1.54, 1.807) is 42.6 Å². The van der Waals surface area contributed by atoms with Crippen molar-refractivity contribution < 1.29 is 14.6 Å². The Morgan fingerprint density at radius 2 is 2.35 bits per heavy atom. The van der Waals surface area contributed by atoms with E-state index in [1.807, 2.05) is 0 Å². The highest BCUT2D eigenvalue weighted by molar-refractivity contribution is 9.10. The van der Waals surface area contributed by atoms with E-state index in [-0.39, 0.29) is 0 Å². The van der Waals surface area contributed by atoms with Crippen LogP contribution in [0.15, 0.2) is 47.2 Å². The number of aromatic nitrogens is 1. The van der Waals surface area contributed by atoms with Crippen molar-refractivity contribution in [1.29, 1.82) is 0 Å². The van der Waals surface area contributed by atoms with Crippen LogP contribution in [0.25, 0.3) is 0 Å². The van der Waals surface area contributed by atoms with Gasteiger partial charge < -0.3 is 9.84 Å². The molecular weight excluding hydrogens is 286 g/mol. The summed E-state index contributed by atoms with van der Waals surface area (Å²) in [6, 6.07) is 3.26. The first kappa shape index (κ1) is 11.9. The summed E-state index contributed by atoms with van der Waals surface area (Å²) in [5.74, 6) is -0.541. The van der Waals surface area contributed by atoms with Gasteiger partial charge in [0.25, 0.3) is 0 Å². The van der Waals surface area contributed by atoms with Gasteiger partial charge in [0, 0.05) is 18.7 Å². The van der Waals surface area contributed by atoms with Crippen molar-refractivity contribution in [2.24, 2.45) is 0 Å². The second-order valence-electron chi connectivity index (χ2n) is 3.60. The molecule has 1 aliphatic carbocycles. The molecule has 0 aliphatic heterocycles. The van der Waals surface area contributed by atoms with E-state index in [0.29, 0.717) is 16.8 Å². The Hall–Kier alpha value is -1.62. The van der Waals surface area contributed by atoms with Gasteiger partial charge in [-0.3, -0.25) is 0 Å². The third kappa shape index (κ3) is 2.55. The second-order valence-corrected chi connectivity index (χ2v) is 4.41. The van der Waals surface area contributed by atoms with E-state index in [9.17, 15) is 9.90 Å². The zero-order valence-corrected chi connectivity index (χ0v) is 10.4. The molecule has 1 aromatic heterocycles. The fourth-order valence-corrected chi connectivity index (χ4v) is 1.88. The Morgan fingerprint density at radius 3 is 2.94 bits per heavy atom. The summed E-state index contributed by atoms with van der Waals surface area (Å²) in [6.07, 6.45) is 8.64. The van der Waals surface area contributed by atoms with Gasteiger partial charge in [0.15, 0.2) is 0 Å². The van der Waals surface area contributed by atoms with Crippen molar-refractivity contribution in [3.05, 3.63) is 47.2 Å². The summed E-state index contributed by atoms with van der Waals surface area (Å²) >= 11 is 3.21. The Labute approximate surface area is 107 Å². The van der Waals surface area contributed by atoms with Crippen LogP contribution < -0.4 is 4.74 Å². The van der Waals surface area contributed by atoms with Gasteiger partial charge in [0.2, 0.25) is 5.60 Å². The highest BCUT2D eigenvalue weighted by Gasteiger charge is 2.38. The highest BCUT2D eigenvalue weighted by atomic mass is 79.9. The third-order valence-corrected chi connectivity index (χ3v) is 2.83. The van der Waals surface area contributed by atoms with Crippen molar-refractivity contribution >= 4 is 21.9 Å². The summed E-state index contributed by atoms with van der Waals surface area (Å²) in [6.45, 7) is 0. The van der Waals surface area contributed by atoms with Crippen molar-refractivity contribution in [3.8, 4) is 5.75 Å². The predicted molar refractivity (Wildman–Crippen MR) is 65.8 cm³/mol. The van der Waals surface area contributed by atoms with E-state index in [0.717, 1.165) is 0 Å². The smallest absolute Gasteiger partial charge is 0.352 e. The Kier molecular flexibility index (Phi) is 3.28. The van der Waals surface area contributed by atoms with Crippen molar-refractivity contribution in [3.63, 3.8) is 0 Å². The van der Waals surface area contributed by atoms with Crippen LogP contribution in [0.4, 0.5) is 0 Å². The Bertz CT molecular complexity index is 498. The fourth-order valence-electron chi connectivity index (χ4n) is 1.54. The van der Waals surface area contributed by atoms with Crippen LogP contribution in [-0.4, -0.2) is 21.7 Å². The minimum atomic E-state index is -1.32. The number of nitrogens with zero attached hydrogens (tertiary/aromatic N) is 1. The minimum Gasteiger partial charge on any atom is -0.478 e. The lowest BCUT2D eigenvalue weighted by atomic mass is 9.95. The van der Waals surface area contributed by atoms with Gasteiger partial charge >= 0.3 is 5.97 Å². The van der Waals surface area contributed by atoms with Crippen LogP contribution in [0.5, 0.6) is 5.75 Å². The molecule has 0 bridgehead atoms. The molecule has 4 nitrogen and oxygen atoms in total. The van der Waals surface area contributed by atoms with Gasteiger partial charge in [-0.1, -0.05) is 18.2 Å². The van der Waals surface area contributed by atoms with E-state index in [4.69, 9.17) is 4.74 Å². The summed E-state index contributed by atoms with van der Waals surface area (Å²) in [4.78, 5) is 15.3. The van der Waals surface area contributed by atoms with Gasteiger partial charge in [-0.15, -0.1) is 0 Å². The Morgan fingerprint density at radius 1 is 1.53 bits per heavy atom. The summed E-state index contributed by atoms with van der Waals surface area (Å²) in [7, 11) is 0. The molecule has 1 N–H and O–H groups in total. The van der Waals surface area contributed by atoms with Crippen molar-refractivity contribution in [1.82, 2.24) is 4.98 Å². The van der Waals surface area contributed by atoms with Gasteiger partial charge in [-0.25, -0.2) is 9.78 Å². The number of carboxylic acid groups (broad SMARTS) is 1. The van der Waals surface area contributed by atoms with Crippen LogP contribution in [0.3, 0.4) is 0 Å². The number of rotatable bonds is 3. The van der Waals surface area contributed by atoms with Gasteiger partial charge in [0.1, 0.15) is 10.4 Å². The molecule has 0 spiro atoms. The molecule has 2 rings (SSSR count). The zero-order valence-electron chi connectivity index (χ0n) is 8.84. The predicted octanol–water partition coefficient (Wildman–Crippen LogP) is 2.56. The maximum Gasteiger partial charge on any atom is 0.352 e. The molecule has 1 heterocycles. The number of carboxylic acids is 1. The molecule has 17 heavy (non-hydrogen) atoms. The molecule has 88 valence electrons. The Balaban J connectivity index is 2.28. The average molecular weight is 296 g/mol. The number of hydrogen-bond donors (Lipinski definition) is 1. The number of pyridine rings is 1. The number of halogens is 1. The largest absolute Gasteiger partial charge is 0.478 e. The number of aliphatic carboxylic acids is 1. The molecular formula is C12H10BrNO3. The molecule has 1 unspecified atom stereocenters. The topological polar surface area (TPSA) is 59.4 Å². The summed E-state index contributed by atoms with van der Waals surface area (Å²) in [5.41, 5.74) is -1.32. The van der Waals surface area contributed by atoms with Crippen LogP contribution in [0.2, 0.25) is 0 Å². The summed E-state index contributed by atoms with van der Waals surface area (Å²) in [5, 5.41) is 9.28. The van der Waals surface area contributed by atoms with E-state index in [2.05, 4.69) is 20.9 Å². The minimum absolute atomic E-state index is 0.304. The number of allylic oxidation sites excluding steroid dienone is 2. The lowest BCUT2D eigenvalue weighted by molar-refractivity contribution is -0.150. The molecule has 0 radical (unpaired) electrons. The normalized spacial score (nSPS) is 22.4. The first-order valence-electron chi connectivity index (χ1n) is 5.01. The quantitative estimate of drug-likeness (QED) is 0.871. The maximum absolute atomic E-state index is 11.3. The molecule has 0 amide bonds. The lowest BCUT2D eigenvalue weighted by Gasteiger charge is -2.27. The molecule has 0 saturated heterocycles. The molecule has 5 heteroatoms. The number of hydrogen-bond acceptors (Lipinski definition) is 3. The van der Waals surface area contributed by atoms with E-state index >= 15 is 0 Å². The monoisotopic (exact) mass is 295 g/mol. The second kappa shape index (κ2) is 4.71.